The molecule has 3 nitrogen and oxygen atoms in total. The fraction of sp³-hybridized carbons (Fsp3) is 0.556. The molecule has 0 radical (unpaired) electrons. The molecule has 3 atom stereocenters. The van der Waals surface area contributed by atoms with Crippen molar-refractivity contribution in [2.24, 2.45) is 11.8 Å². The highest BCUT2D eigenvalue weighted by atomic mass is 16.7. The Bertz CT molecular complexity index is 427. The van der Waals surface area contributed by atoms with Gasteiger partial charge in [0, 0.05) is 12.5 Å². The van der Waals surface area contributed by atoms with Gasteiger partial charge in [-0.3, -0.25) is 0 Å². The number of hydrogen-bond acceptors (Lipinski definition) is 3. The van der Waals surface area contributed by atoms with Gasteiger partial charge in [-0.15, -0.1) is 0 Å². The zero-order valence-electron chi connectivity index (χ0n) is 13.2. The van der Waals surface area contributed by atoms with Crippen LogP contribution in [0.5, 0.6) is 0 Å². The molecule has 1 heterocycles. The van der Waals surface area contributed by atoms with Crippen molar-refractivity contribution < 1.29 is 14.2 Å². The molecule has 1 aliphatic heterocycles. The van der Waals surface area contributed by atoms with Crippen LogP contribution >= 0.6 is 0 Å². The highest BCUT2D eigenvalue weighted by Gasteiger charge is 2.29. The van der Waals surface area contributed by atoms with Gasteiger partial charge < -0.3 is 14.2 Å². The molecule has 2 rings (SSSR count). The summed E-state index contributed by atoms with van der Waals surface area (Å²) in [5.41, 5.74) is 1.18. The number of hydrogen-bond donors (Lipinski definition) is 0. The summed E-state index contributed by atoms with van der Waals surface area (Å²) in [6.45, 7) is 8.22. The minimum absolute atomic E-state index is 0.0275. The molecule has 0 bridgehead atoms. The Kier molecular flexibility index (Phi) is 6.43. The average molecular weight is 290 g/mol. The summed E-state index contributed by atoms with van der Waals surface area (Å²) in [5, 5.41) is 0. The zero-order valence-corrected chi connectivity index (χ0v) is 13.2. The van der Waals surface area contributed by atoms with Gasteiger partial charge in [0.2, 0.25) is 0 Å². The van der Waals surface area contributed by atoms with E-state index < -0.39 is 0 Å². The van der Waals surface area contributed by atoms with Crippen molar-refractivity contribution in [1.82, 2.24) is 0 Å². The number of ether oxygens (including phenoxy) is 3. The van der Waals surface area contributed by atoms with Gasteiger partial charge in [0.05, 0.1) is 13.2 Å². The van der Waals surface area contributed by atoms with Crippen molar-refractivity contribution >= 4 is 0 Å². The predicted molar refractivity (Wildman–Crippen MR) is 83.9 cm³/mol. The molecule has 116 valence electrons. The third-order valence-electron chi connectivity index (χ3n) is 3.67. The van der Waals surface area contributed by atoms with Crippen LogP contribution in [0.2, 0.25) is 0 Å². The highest BCUT2D eigenvalue weighted by Crippen LogP contribution is 2.26. The standard InChI is InChI=1S/C18H26O3/c1-4-20-18-17(14(2)3)11-10-16(21-18)13-19-12-15-8-6-5-7-9-15/h5-11,14,16-18H,4,12-13H2,1-3H3/t16-,17+,18-/m0/s1. The second-order valence-corrected chi connectivity index (χ2v) is 5.71. The van der Waals surface area contributed by atoms with Gasteiger partial charge in [0.25, 0.3) is 0 Å². The van der Waals surface area contributed by atoms with E-state index in [4.69, 9.17) is 14.2 Å². The molecule has 0 saturated heterocycles. The molecule has 0 unspecified atom stereocenters. The average Bonchev–Trinajstić information content (AvgIpc) is 2.49. The van der Waals surface area contributed by atoms with Gasteiger partial charge in [-0.05, 0) is 18.4 Å². The van der Waals surface area contributed by atoms with E-state index in [1.807, 2.05) is 25.1 Å². The summed E-state index contributed by atoms with van der Waals surface area (Å²) in [5.74, 6) is 0.819. The molecular formula is C18H26O3. The molecule has 0 spiro atoms. The van der Waals surface area contributed by atoms with E-state index in [1.165, 1.54) is 5.56 Å². The van der Waals surface area contributed by atoms with Crippen LogP contribution in [0.25, 0.3) is 0 Å². The normalized spacial score (nSPS) is 25.4. The van der Waals surface area contributed by atoms with Crippen molar-refractivity contribution in [1.29, 1.82) is 0 Å². The maximum absolute atomic E-state index is 6.00. The zero-order chi connectivity index (χ0) is 15.1. The Balaban J connectivity index is 1.82. The summed E-state index contributed by atoms with van der Waals surface area (Å²) >= 11 is 0. The van der Waals surface area contributed by atoms with Crippen LogP contribution in [-0.2, 0) is 20.8 Å². The first-order chi connectivity index (χ1) is 10.2. The van der Waals surface area contributed by atoms with Crippen LogP contribution in [0, 0.1) is 11.8 Å². The van der Waals surface area contributed by atoms with E-state index in [-0.39, 0.29) is 12.4 Å². The molecule has 21 heavy (non-hydrogen) atoms. The van der Waals surface area contributed by atoms with E-state index in [9.17, 15) is 0 Å². The quantitative estimate of drug-likeness (QED) is 0.715. The molecule has 3 heteroatoms. The summed E-state index contributed by atoms with van der Waals surface area (Å²) < 4.78 is 17.5. The molecule has 0 saturated carbocycles. The molecule has 0 amide bonds. The second-order valence-electron chi connectivity index (χ2n) is 5.71. The van der Waals surface area contributed by atoms with Crippen LogP contribution in [-0.4, -0.2) is 25.6 Å². The first-order valence-corrected chi connectivity index (χ1v) is 7.77. The smallest absolute Gasteiger partial charge is 0.164 e. The van der Waals surface area contributed by atoms with Crippen LogP contribution < -0.4 is 0 Å². The molecule has 0 aliphatic carbocycles. The van der Waals surface area contributed by atoms with E-state index in [0.29, 0.717) is 31.7 Å². The summed E-state index contributed by atoms with van der Waals surface area (Å²) in [4.78, 5) is 0. The third-order valence-corrected chi connectivity index (χ3v) is 3.67. The minimum Gasteiger partial charge on any atom is -0.374 e. The summed E-state index contributed by atoms with van der Waals surface area (Å²) in [6.07, 6.45) is 4.13. The lowest BCUT2D eigenvalue weighted by Crippen LogP contribution is -2.38. The Morgan fingerprint density at radius 3 is 2.57 bits per heavy atom. The van der Waals surface area contributed by atoms with Crippen LogP contribution in [0.1, 0.15) is 26.3 Å². The second kappa shape index (κ2) is 8.32. The maximum atomic E-state index is 6.00. The molecule has 0 fully saturated rings. The molecule has 0 N–H and O–H groups in total. The fourth-order valence-electron chi connectivity index (χ4n) is 2.46. The van der Waals surface area contributed by atoms with Crippen molar-refractivity contribution in [2.75, 3.05) is 13.2 Å². The van der Waals surface area contributed by atoms with Crippen molar-refractivity contribution in [2.45, 2.75) is 39.8 Å². The monoisotopic (exact) mass is 290 g/mol. The lowest BCUT2D eigenvalue weighted by molar-refractivity contribution is -0.200. The highest BCUT2D eigenvalue weighted by molar-refractivity contribution is 5.13. The van der Waals surface area contributed by atoms with Gasteiger partial charge >= 0.3 is 0 Å². The van der Waals surface area contributed by atoms with E-state index >= 15 is 0 Å². The van der Waals surface area contributed by atoms with Gasteiger partial charge in [-0.25, -0.2) is 0 Å². The van der Waals surface area contributed by atoms with Gasteiger partial charge in [0.1, 0.15) is 6.10 Å². The minimum atomic E-state index is -0.162. The first-order valence-electron chi connectivity index (χ1n) is 7.77. The molecule has 0 aromatic heterocycles. The van der Waals surface area contributed by atoms with Crippen LogP contribution in [0.4, 0.5) is 0 Å². The lowest BCUT2D eigenvalue weighted by Gasteiger charge is -2.34. The van der Waals surface area contributed by atoms with Crippen molar-refractivity contribution in [3.63, 3.8) is 0 Å². The van der Waals surface area contributed by atoms with Gasteiger partial charge in [-0.1, -0.05) is 56.3 Å². The summed E-state index contributed by atoms with van der Waals surface area (Å²) in [7, 11) is 0. The molecular weight excluding hydrogens is 264 g/mol. The van der Waals surface area contributed by atoms with E-state index in [0.717, 1.165) is 0 Å². The predicted octanol–water partition coefficient (Wildman–Crippen LogP) is 3.79. The Hall–Kier alpha value is -1.16. The topological polar surface area (TPSA) is 27.7 Å². The number of benzene rings is 1. The number of rotatable bonds is 7. The van der Waals surface area contributed by atoms with E-state index in [1.54, 1.807) is 0 Å². The Morgan fingerprint density at radius 2 is 1.90 bits per heavy atom. The van der Waals surface area contributed by atoms with Gasteiger partial charge in [-0.2, -0.15) is 0 Å². The third kappa shape index (κ3) is 4.95. The van der Waals surface area contributed by atoms with Gasteiger partial charge in [0.15, 0.2) is 6.29 Å². The van der Waals surface area contributed by atoms with Crippen LogP contribution in [0.15, 0.2) is 42.5 Å². The largest absolute Gasteiger partial charge is 0.374 e. The van der Waals surface area contributed by atoms with Crippen molar-refractivity contribution in [3.05, 3.63) is 48.0 Å². The SMILES string of the molecule is CCO[C@H]1O[C@H](COCc2ccccc2)C=C[C@@H]1C(C)C. The molecule has 1 aromatic rings. The molecule has 1 aliphatic rings. The maximum Gasteiger partial charge on any atom is 0.164 e. The summed E-state index contributed by atoms with van der Waals surface area (Å²) in [6, 6.07) is 10.2. The lowest BCUT2D eigenvalue weighted by atomic mass is 9.92. The first kappa shape index (κ1) is 16.2. The van der Waals surface area contributed by atoms with Crippen LogP contribution in [0.3, 0.4) is 0 Å². The Labute approximate surface area is 127 Å². The fourth-order valence-corrected chi connectivity index (χ4v) is 2.46. The van der Waals surface area contributed by atoms with Crippen molar-refractivity contribution in [3.8, 4) is 0 Å². The molecule has 1 aromatic carbocycles. The Morgan fingerprint density at radius 1 is 1.14 bits per heavy atom. The van der Waals surface area contributed by atoms with E-state index in [2.05, 4.69) is 38.1 Å².